The predicted octanol–water partition coefficient (Wildman–Crippen LogP) is -0.0984. The molecule has 112 valence electrons. The van der Waals surface area contributed by atoms with Crippen molar-refractivity contribution in [3.05, 3.63) is 0 Å². The third-order valence-corrected chi connectivity index (χ3v) is 4.60. The van der Waals surface area contributed by atoms with E-state index in [1.165, 1.54) is 0 Å². The van der Waals surface area contributed by atoms with Crippen LogP contribution in [0.2, 0.25) is 0 Å². The Bertz CT molecular complexity index is 418. The van der Waals surface area contributed by atoms with Crippen molar-refractivity contribution in [1.29, 1.82) is 0 Å². The largest absolute Gasteiger partial charge is 0.341 e. The number of nitrogens with one attached hydrogen (secondary N) is 1. The highest BCUT2D eigenvalue weighted by Crippen LogP contribution is 2.24. The van der Waals surface area contributed by atoms with Gasteiger partial charge in [-0.3, -0.25) is 4.79 Å². The molecular weight excluding hydrogens is 266 g/mol. The fourth-order valence-electron chi connectivity index (χ4n) is 2.33. The van der Waals surface area contributed by atoms with Crippen LogP contribution >= 0.6 is 0 Å². The van der Waals surface area contributed by atoms with Crippen LogP contribution < -0.4 is 10.5 Å². The van der Waals surface area contributed by atoms with Crippen LogP contribution in [-0.4, -0.2) is 51.2 Å². The monoisotopic (exact) mass is 291 g/mol. The minimum Gasteiger partial charge on any atom is -0.341 e. The Labute approximate surface area is 115 Å². The summed E-state index contributed by atoms with van der Waals surface area (Å²) >= 11 is 0. The van der Waals surface area contributed by atoms with E-state index in [9.17, 15) is 13.2 Å². The first-order chi connectivity index (χ1) is 8.72. The SMILES string of the molecule is CCC(C)(CN)C(=O)N1CCCC(NS(C)(=O)=O)C1. The van der Waals surface area contributed by atoms with Crippen LogP contribution in [0.1, 0.15) is 33.1 Å². The highest BCUT2D eigenvalue weighted by Gasteiger charge is 2.36. The molecule has 2 atom stereocenters. The van der Waals surface area contributed by atoms with E-state index >= 15 is 0 Å². The van der Waals surface area contributed by atoms with Crippen LogP contribution in [0.15, 0.2) is 0 Å². The van der Waals surface area contributed by atoms with Gasteiger partial charge in [-0.15, -0.1) is 0 Å². The Hall–Kier alpha value is -0.660. The summed E-state index contributed by atoms with van der Waals surface area (Å²) in [6, 6.07) is -0.188. The van der Waals surface area contributed by atoms with Gasteiger partial charge in [0.25, 0.3) is 0 Å². The summed E-state index contributed by atoms with van der Waals surface area (Å²) in [5, 5.41) is 0. The number of piperidine rings is 1. The third kappa shape index (κ3) is 4.43. The number of hydrogen-bond donors (Lipinski definition) is 2. The molecule has 1 amide bonds. The van der Waals surface area contributed by atoms with E-state index in [1.54, 1.807) is 4.90 Å². The molecule has 0 aromatic rings. The molecule has 0 radical (unpaired) electrons. The van der Waals surface area contributed by atoms with Crippen molar-refractivity contribution in [3.8, 4) is 0 Å². The topological polar surface area (TPSA) is 92.5 Å². The lowest BCUT2D eigenvalue weighted by Gasteiger charge is -2.38. The first kappa shape index (κ1) is 16.4. The summed E-state index contributed by atoms with van der Waals surface area (Å²) in [5.41, 5.74) is 5.15. The maximum Gasteiger partial charge on any atom is 0.229 e. The van der Waals surface area contributed by atoms with E-state index in [4.69, 9.17) is 5.73 Å². The van der Waals surface area contributed by atoms with Crippen molar-refractivity contribution in [2.45, 2.75) is 39.2 Å². The smallest absolute Gasteiger partial charge is 0.229 e. The maximum absolute atomic E-state index is 12.5. The Morgan fingerprint density at radius 3 is 2.63 bits per heavy atom. The third-order valence-electron chi connectivity index (χ3n) is 3.84. The van der Waals surface area contributed by atoms with Gasteiger partial charge in [0.2, 0.25) is 15.9 Å². The fraction of sp³-hybridized carbons (Fsp3) is 0.917. The molecule has 19 heavy (non-hydrogen) atoms. The molecule has 1 saturated heterocycles. The summed E-state index contributed by atoms with van der Waals surface area (Å²) in [6.07, 6.45) is 3.40. The average molecular weight is 291 g/mol. The predicted molar refractivity (Wildman–Crippen MR) is 75.0 cm³/mol. The van der Waals surface area contributed by atoms with Crippen LogP contribution in [0.25, 0.3) is 0 Å². The summed E-state index contributed by atoms with van der Waals surface area (Å²) < 4.78 is 25.1. The molecule has 2 unspecified atom stereocenters. The minimum atomic E-state index is -3.23. The Morgan fingerprint density at radius 1 is 1.53 bits per heavy atom. The summed E-state index contributed by atoms with van der Waals surface area (Å²) in [6.45, 7) is 5.23. The number of rotatable bonds is 5. The number of nitrogens with two attached hydrogens (primary N) is 1. The van der Waals surface area contributed by atoms with Gasteiger partial charge in [-0.1, -0.05) is 6.92 Å². The first-order valence-electron chi connectivity index (χ1n) is 6.68. The van der Waals surface area contributed by atoms with Crippen LogP contribution in [0.4, 0.5) is 0 Å². The number of hydrogen-bond acceptors (Lipinski definition) is 4. The minimum absolute atomic E-state index is 0.0255. The molecule has 0 saturated carbocycles. The second kappa shape index (κ2) is 6.19. The maximum atomic E-state index is 12.5. The highest BCUT2D eigenvalue weighted by molar-refractivity contribution is 7.88. The molecule has 3 N–H and O–H groups in total. The number of sulfonamides is 1. The van der Waals surface area contributed by atoms with Gasteiger partial charge in [0.05, 0.1) is 11.7 Å². The van der Waals surface area contributed by atoms with Crippen molar-refractivity contribution in [2.24, 2.45) is 11.1 Å². The molecule has 0 bridgehead atoms. The Kier molecular flexibility index (Phi) is 5.34. The zero-order chi connectivity index (χ0) is 14.7. The van der Waals surface area contributed by atoms with Crippen molar-refractivity contribution >= 4 is 15.9 Å². The van der Waals surface area contributed by atoms with Crippen LogP contribution in [0.3, 0.4) is 0 Å². The standard InChI is InChI=1S/C12H25N3O3S/c1-4-12(2,9-13)11(16)15-7-5-6-10(8-15)14-19(3,17)18/h10,14H,4-9,13H2,1-3H3. The average Bonchev–Trinajstić information content (AvgIpc) is 2.35. The Balaban J connectivity index is 2.72. The molecular formula is C12H25N3O3S. The summed E-state index contributed by atoms with van der Waals surface area (Å²) in [4.78, 5) is 14.2. The lowest BCUT2D eigenvalue weighted by atomic mass is 9.85. The lowest BCUT2D eigenvalue weighted by molar-refractivity contribution is -0.142. The van der Waals surface area contributed by atoms with Gasteiger partial charge in [-0.2, -0.15) is 0 Å². The molecule has 1 heterocycles. The van der Waals surface area contributed by atoms with Gasteiger partial charge in [-0.25, -0.2) is 13.1 Å². The molecule has 1 aliphatic rings. The number of nitrogens with zero attached hydrogens (tertiary/aromatic N) is 1. The second-order valence-electron chi connectivity index (χ2n) is 5.60. The van der Waals surface area contributed by atoms with Crippen LogP contribution in [0, 0.1) is 5.41 Å². The quantitative estimate of drug-likeness (QED) is 0.740. The van der Waals surface area contributed by atoms with Gasteiger partial charge in [-0.05, 0) is 26.2 Å². The molecule has 7 heteroatoms. The zero-order valence-corrected chi connectivity index (χ0v) is 12.8. The van der Waals surface area contributed by atoms with Crippen LogP contribution in [-0.2, 0) is 14.8 Å². The molecule has 0 spiro atoms. The molecule has 0 aromatic heterocycles. The molecule has 1 rings (SSSR count). The Morgan fingerprint density at radius 2 is 2.16 bits per heavy atom. The van der Waals surface area contributed by atoms with Gasteiger partial charge < -0.3 is 10.6 Å². The van der Waals surface area contributed by atoms with E-state index in [2.05, 4.69) is 4.72 Å². The van der Waals surface area contributed by atoms with E-state index in [1.807, 2.05) is 13.8 Å². The van der Waals surface area contributed by atoms with E-state index < -0.39 is 15.4 Å². The van der Waals surface area contributed by atoms with E-state index in [0.717, 1.165) is 19.1 Å². The fourth-order valence-corrected chi connectivity index (χ4v) is 3.12. The zero-order valence-electron chi connectivity index (χ0n) is 12.0. The van der Waals surface area contributed by atoms with Crippen molar-refractivity contribution in [2.75, 3.05) is 25.9 Å². The molecule has 0 aliphatic carbocycles. The van der Waals surface area contributed by atoms with Gasteiger partial charge >= 0.3 is 0 Å². The molecule has 1 aliphatic heterocycles. The number of carbonyl (C=O) groups is 1. The molecule has 0 aromatic carbocycles. The number of carbonyl (C=O) groups excluding carboxylic acids is 1. The number of amides is 1. The van der Waals surface area contributed by atoms with Crippen molar-refractivity contribution in [1.82, 2.24) is 9.62 Å². The van der Waals surface area contributed by atoms with E-state index in [-0.39, 0.29) is 11.9 Å². The lowest BCUT2D eigenvalue weighted by Crippen LogP contribution is -2.54. The first-order valence-corrected chi connectivity index (χ1v) is 8.57. The summed E-state index contributed by atoms with van der Waals surface area (Å²) in [7, 11) is -3.23. The second-order valence-corrected chi connectivity index (χ2v) is 7.38. The number of likely N-dealkylation sites (tertiary alicyclic amines) is 1. The van der Waals surface area contributed by atoms with Gasteiger partial charge in [0.15, 0.2) is 0 Å². The van der Waals surface area contributed by atoms with Crippen molar-refractivity contribution < 1.29 is 13.2 Å². The molecule has 6 nitrogen and oxygen atoms in total. The van der Waals surface area contributed by atoms with E-state index in [0.29, 0.717) is 26.1 Å². The van der Waals surface area contributed by atoms with Crippen LogP contribution in [0.5, 0.6) is 0 Å². The normalized spacial score (nSPS) is 24.0. The highest BCUT2D eigenvalue weighted by atomic mass is 32.2. The van der Waals surface area contributed by atoms with Gasteiger partial charge in [0.1, 0.15) is 0 Å². The van der Waals surface area contributed by atoms with Crippen molar-refractivity contribution in [3.63, 3.8) is 0 Å². The molecule has 1 fully saturated rings. The van der Waals surface area contributed by atoms with Gasteiger partial charge in [0, 0.05) is 25.7 Å². The summed E-state index contributed by atoms with van der Waals surface area (Å²) in [5.74, 6) is 0.0255.